The Morgan fingerprint density at radius 1 is 1.55 bits per heavy atom. The third-order valence-corrected chi connectivity index (χ3v) is 3.61. The van der Waals surface area contributed by atoms with E-state index in [9.17, 15) is 4.79 Å². The molecule has 0 atom stereocenters. The minimum absolute atomic E-state index is 0.0320. The van der Waals surface area contributed by atoms with Gasteiger partial charge in [-0.2, -0.15) is 0 Å². The van der Waals surface area contributed by atoms with Crippen molar-refractivity contribution in [2.75, 3.05) is 19.7 Å². The fourth-order valence-electron chi connectivity index (χ4n) is 2.11. The van der Waals surface area contributed by atoms with Gasteiger partial charge in [-0.05, 0) is 38.0 Å². The fraction of sp³-hybridized carbons (Fsp3) is 0.467. The van der Waals surface area contributed by atoms with Crippen LogP contribution < -0.4 is 0 Å². The van der Waals surface area contributed by atoms with Crippen LogP contribution in [-0.4, -0.2) is 41.1 Å². The predicted molar refractivity (Wildman–Crippen MR) is 78.7 cm³/mol. The van der Waals surface area contributed by atoms with Crippen LogP contribution in [0, 0.1) is 6.92 Å². The van der Waals surface area contributed by atoms with Gasteiger partial charge in [-0.3, -0.25) is 4.79 Å². The third kappa shape index (κ3) is 4.05. The second kappa shape index (κ2) is 6.37. The average Bonchev–Trinajstić information content (AvgIpc) is 3.17. The molecule has 1 aromatic rings. The summed E-state index contributed by atoms with van der Waals surface area (Å²) in [6.07, 6.45) is 3.59. The lowest BCUT2D eigenvalue weighted by Crippen LogP contribution is -2.46. The smallest absolute Gasteiger partial charge is 0.246 e. The molecule has 1 aliphatic heterocycles. The average molecular weight is 295 g/mol. The van der Waals surface area contributed by atoms with Crippen LogP contribution in [0.1, 0.15) is 18.5 Å². The number of nitrogens with zero attached hydrogens (tertiary/aromatic N) is 2. The van der Waals surface area contributed by atoms with Gasteiger partial charge in [-0.15, -0.1) is 0 Å². The molecule has 1 amide bonds. The first-order valence-corrected chi connectivity index (χ1v) is 7.07. The lowest BCUT2D eigenvalue weighted by molar-refractivity contribution is -0.135. The normalized spacial score (nSPS) is 19.0. The number of halogens is 1. The Kier molecular flexibility index (Phi) is 4.78. The van der Waals surface area contributed by atoms with Crippen LogP contribution in [-0.2, 0) is 9.53 Å². The minimum atomic E-state index is 0.0320. The zero-order valence-corrected chi connectivity index (χ0v) is 12.4. The van der Waals surface area contributed by atoms with E-state index in [1.165, 1.54) is 6.08 Å². The van der Waals surface area contributed by atoms with Gasteiger partial charge in [0.05, 0.1) is 18.8 Å². The van der Waals surface area contributed by atoms with Crippen molar-refractivity contribution in [3.63, 3.8) is 0 Å². The molecule has 1 saturated heterocycles. The molecule has 0 unspecified atom stereocenters. The molecule has 2 aliphatic rings. The summed E-state index contributed by atoms with van der Waals surface area (Å²) >= 11 is 5.53. The summed E-state index contributed by atoms with van der Waals surface area (Å²) in [6.45, 7) is 7.54. The largest absolute Gasteiger partial charge is 0.371 e. The second-order valence-electron chi connectivity index (χ2n) is 5.10. The Morgan fingerprint density at radius 2 is 2.30 bits per heavy atom. The maximum Gasteiger partial charge on any atom is 0.246 e. The highest BCUT2D eigenvalue weighted by Gasteiger charge is 2.48. The van der Waals surface area contributed by atoms with E-state index < -0.39 is 0 Å². The van der Waals surface area contributed by atoms with Crippen molar-refractivity contribution < 1.29 is 9.53 Å². The van der Waals surface area contributed by atoms with Gasteiger partial charge in [0, 0.05) is 12.2 Å². The van der Waals surface area contributed by atoms with E-state index in [4.69, 9.17) is 16.3 Å². The van der Waals surface area contributed by atoms with E-state index in [2.05, 4.69) is 11.6 Å². The number of amides is 1. The molecule has 108 valence electrons. The highest BCUT2D eigenvalue weighted by molar-refractivity contribution is 6.29. The quantitative estimate of drug-likeness (QED) is 0.591. The summed E-state index contributed by atoms with van der Waals surface area (Å²) < 4.78 is 5.57. The summed E-state index contributed by atoms with van der Waals surface area (Å²) in [7, 11) is 0. The van der Waals surface area contributed by atoms with Crippen LogP contribution in [0.5, 0.6) is 0 Å². The number of aryl methyl sites for hydroxylation is 1. The molecular formula is C15H19ClN2O2. The summed E-state index contributed by atoms with van der Waals surface area (Å²) in [5.41, 5.74) is 0.995. The number of hydrogen-bond acceptors (Lipinski definition) is 3. The molecule has 2 fully saturated rings. The molecule has 4 nitrogen and oxygen atoms in total. The lowest BCUT2D eigenvalue weighted by Gasteiger charge is -2.32. The van der Waals surface area contributed by atoms with E-state index in [1.807, 2.05) is 24.0 Å². The summed E-state index contributed by atoms with van der Waals surface area (Å²) in [4.78, 5) is 17.0. The topological polar surface area (TPSA) is 42.4 Å². The molecule has 20 heavy (non-hydrogen) atoms. The third-order valence-electron chi connectivity index (χ3n) is 3.40. The van der Waals surface area contributed by atoms with Gasteiger partial charge in [0.1, 0.15) is 5.15 Å². The van der Waals surface area contributed by atoms with Gasteiger partial charge in [0.2, 0.25) is 5.91 Å². The summed E-state index contributed by atoms with van der Waals surface area (Å²) in [5.74, 6) is 0.0320. The number of ether oxygens (including phenoxy) is 1. The van der Waals surface area contributed by atoms with Crippen molar-refractivity contribution in [1.82, 2.24) is 9.88 Å². The van der Waals surface area contributed by atoms with Crippen LogP contribution in [0.2, 0.25) is 5.15 Å². The molecule has 1 spiro atoms. The van der Waals surface area contributed by atoms with E-state index in [1.54, 1.807) is 6.07 Å². The zero-order valence-electron chi connectivity index (χ0n) is 11.6. The Bertz CT molecular complexity index is 483. The zero-order chi connectivity index (χ0) is 14.6. The first kappa shape index (κ1) is 15.0. The number of carbonyl (C=O) groups is 1. The fourth-order valence-corrected chi connectivity index (χ4v) is 2.32. The van der Waals surface area contributed by atoms with Crippen LogP contribution in [0.4, 0.5) is 0 Å². The number of rotatable bonds is 1. The molecule has 1 aromatic heterocycles. The van der Waals surface area contributed by atoms with Crippen LogP contribution in [0.15, 0.2) is 30.9 Å². The monoisotopic (exact) mass is 294 g/mol. The van der Waals surface area contributed by atoms with Crippen LogP contribution >= 0.6 is 11.6 Å². The molecule has 3 rings (SSSR count). The number of hydrogen-bond donors (Lipinski definition) is 0. The molecule has 2 heterocycles. The van der Waals surface area contributed by atoms with Crippen molar-refractivity contribution in [3.8, 4) is 0 Å². The van der Waals surface area contributed by atoms with E-state index >= 15 is 0 Å². The molecule has 1 saturated carbocycles. The first-order chi connectivity index (χ1) is 9.54. The molecular weight excluding hydrogens is 276 g/mol. The highest BCUT2D eigenvalue weighted by atomic mass is 35.5. The highest BCUT2D eigenvalue weighted by Crippen LogP contribution is 2.41. The lowest BCUT2D eigenvalue weighted by atomic mass is 10.2. The van der Waals surface area contributed by atoms with Crippen molar-refractivity contribution in [1.29, 1.82) is 0 Å². The van der Waals surface area contributed by atoms with Gasteiger partial charge in [-0.1, -0.05) is 24.2 Å². The van der Waals surface area contributed by atoms with Gasteiger partial charge in [0.25, 0.3) is 0 Å². The van der Waals surface area contributed by atoms with Crippen LogP contribution in [0.3, 0.4) is 0 Å². The van der Waals surface area contributed by atoms with E-state index in [0.29, 0.717) is 18.3 Å². The standard InChI is InChI=1S/C9H13NO2.C6H6ClN/c1-2-8(11)10-5-6-12-9(7-10)3-4-9;1-5-3-2-4-6(7)8-5/h2H,1,3-7H2;2-4H,1H3. The molecule has 0 radical (unpaired) electrons. The number of morpholine rings is 1. The van der Waals surface area contributed by atoms with Gasteiger partial charge < -0.3 is 9.64 Å². The summed E-state index contributed by atoms with van der Waals surface area (Å²) in [6, 6.07) is 5.55. The van der Waals surface area contributed by atoms with Crippen molar-refractivity contribution in [2.24, 2.45) is 0 Å². The number of aromatic nitrogens is 1. The Labute approximate surface area is 124 Å². The van der Waals surface area contributed by atoms with E-state index in [0.717, 1.165) is 25.1 Å². The van der Waals surface area contributed by atoms with E-state index in [-0.39, 0.29) is 11.5 Å². The SMILES string of the molecule is C=CC(=O)N1CCOC2(CC2)C1.Cc1cccc(Cl)n1. The molecule has 0 N–H and O–H groups in total. The Balaban J connectivity index is 0.000000160. The maximum atomic E-state index is 11.2. The molecule has 1 aliphatic carbocycles. The number of pyridine rings is 1. The van der Waals surface area contributed by atoms with Gasteiger partial charge in [-0.25, -0.2) is 4.98 Å². The van der Waals surface area contributed by atoms with Crippen LogP contribution in [0.25, 0.3) is 0 Å². The summed E-state index contributed by atoms with van der Waals surface area (Å²) in [5, 5.41) is 0.560. The first-order valence-electron chi connectivity index (χ1n) is 6.69. The molecule has 0 bridgehead atoms. The predicted octanol–water partition coefficient (Wildman–Crippen LogP) is 2.61. The Morgan fingerprint density at radius 3 is 2.80 bits per heavy atom. The van der Waals surface area contributed by atoms with Crippen molar-refractivity contribution in [2.45, 2.75) is 25.4 Å². The van der Waals surface area contributed by atoms with Gasteiger partial charge in [0.15, 0.2) is 0 Å². The van der Waals surface area contributed by atoms with Crippen molar-refractivity contribution >= 4 is 17.5 Å². The molecule has 5 heteroatoms. The maximum absolute atomic E-state index is 11.2. The van der Waals surface area contributed by atoms with Crippen molar-refractivity contribution in [3.05, 3.63) is 41.7 Å². The minimum Gasteiger partial charge on any atom is -0.371 e. The molecule has 0 aromatic carbocycles. The van der Waals surface area contributed by atoms with Gasteiger partial charge >= 0.3 is 0 Å². The second-order valence-corrected chi connectivity index (χ2v) is 5.48. The number of carbonyl (C=O) groups excluding carboxylic acids is 1. The Hall–Kier alpha value is -1.39.